The van der Waals surface area contributed by atoms with E-state index in [4.69, 9.17) is 5.73 Å². The maximum Gasteiger partial charge on any atom is 0.332 e. The van der Waals surface area contributed by atoms with Crippen LogP contribution in [0.2, 0.25) is 0 Å². The zero-order chi connectivity index (χ0) is 26.1. The number of fused-ring (bicyclic) bond motifs is 1. The molecular weight excluding hydrogens is 458 g/mol. The molecule has 0 saturated carbocycles. The summed E-state index contributed by atoms with van der Waals surface area (Å²) < 4.78 is 3.68. The van der Waals surface area contributed by atoms with Crippen LogP contribution >= 0.6 is 0 Å². The van der Waals surface area contributed by atoms with Crippen LogP contribution in [0.15, 0.2) is 15.9 Å². The average Bonchev–Trinajstić information content (AvgIpc) is 3.17. The van der Waals surface area contributed by atoms with Crippen molar-refractivity contribution in [2.24, 2.45) is 19.8 Å². The Morgan fingerprint density at radius 3 is 2.60 bits per heavy atom. The number of hydrogen-bond acceptors (Lipinski definition) is 8. The zero-order valence-electron chi connectivity index (χ0n) is 20.6. The van der Waals surface area contributed by atoms with Gasteiger partial charge in [0.2, 0.25) is 11.8 Å². The molecule has 0 radical (unpaired) electrons. The summed E-state index contributed by atoms with van der Waals surface area (Å²) in [7, 11) is 2.86. The summed E-state index contributed by atoms with van der Waals surface area (Å²) in [5, 5.41) is 24.5. The third-order valence-corrected chi connectivity index (χ3v) is 6.64. The van der Waals surface area contributed by atoms with Crippen molar-refractivity contribution < 1.29 is 19.8 Å². The van der Waals surface area contributed by atoms with Crippen molar-refractivity contribution in [2.45, 2.75) is 63.3 Å². The molecule has 0 aliphatic carbocycles. The van der Waals surface area contributed by atoms with Crippen molar-refractivity contribution in [1.82, 2.24) is 28.9 Å². The zero-order valence-corrected chi connectivity index (χ0v) is 20.6. The Morgan fingerprint density at radius 1 is 1.26 bits per heavy atom. The van der Waals surface area contributed by atoms with Gasteiger partial charge in [0.05, 0.1) is 30.1 Å². The van der Waals surface area contributed by atoms with Crippen LogP contribution in [0, 0.1) is 0 Å². The van der Waals surface area contributed by atoms with E-state index in [1.165, 1.54) is 48.3 Å². The first kappa shape index (κ1) is 26.6. The minimum absolute atomic E-state index is 0.0139. The van der Waals surface area contributed by atoms with Gasteiger partial charge >= 0.3 is 5.69 Å². The van der Waals surface area contributed by atoms with Gasteiger partial charge in [-0.25, -0.2) is 9.78 Å². The number of aliphatic hydroxyl groups is 2. The number of carbonyl (C=O) groups is 2. The number of nitrogens with two attached hydrogens (primary N) is 1. The van der Waals surface area contributed by atoms with Crippen molar-refractivity contribution >= 4 is 23.0 Å². The lowest BCUT2D eigenvalue weighted by atomic mass is 9.91. The normalized spacial score (nSPS) is 23.8. The second kappa shape index (κ2) is 10.3. The molecule has 194 valence electrons. The number of carbonyl (C=O) groups excluding carboxylic acids is 2. The van der Waals surface area contributed by atoms with Crippen LogP contribution in [0.25, 0.3) is 11.2 Å². The maximum atomic E-state index is 13.2. The Hall–Kier alpha value is -3.03. The third-order valence-electron chi connectivity index (χ3n) is 6.64. The number of aromatic nitrogens is 4. The van der Waals surface area contributed by atoms with Gasteiger partial charge in [-0.1, -0.05) is 0 Å². The van der Waals surface area contributed by atoms with Crippen LogP contribution < -0.4 is 22.3 Å². The fourth-order valence-corrected chi connectivity index (χ4v) is 4.69. The van der Waals surface area contributed by atoms with E-state index < -0.39 is 35.0 Å². The van der Waals surface area contributed by atoms with Gasteiger partial charge in [-0.15, -0.1) is 0 Å². The monoisotopic (exact) mass is 493 g/mol. The van der Waals surface area contributed by atoms with E-state index in [1.807, 2.05) is 0 Å². The summed E-state index contributed by atoms with van der Waals surface area (Å²) in [4.78, 5) is 55.0. The van der Waals surface area contributed by atoms with Gasteiger partial charge in [0.15, 0.2) is 11.2 Å². The third kappa shape index (κ3) is 5.46. The molecule has 0 unspecified atom stereocenters. The number of aliphatic hydroxyl groups excluding tert-OH is 1. The number of unbranched alkanes of at least 4 members (excludes halogenated alkanes) is 1. The van der Waals surface area contributed by atoms with Crippen molar-refractivity contribution in [3.8, 4) is 0 Å². The van der Waals surface area contributed by atoms with Crippen LogP contribution in [0.5, 0.6) is 0 Å². The second-order valence-corrected chi connectivity index (χ2v) is 9.59. The highest BCUT2D eigenvalue weighted by molar-refractivity contribution is 5.81. The summed E-state index contributed by atoms with van der Waals surface area (Å²) in [6, 6.07) is -1.65. The number of likely N-dealkylation sites (tertiary alicyclic amines) is 1. The molecule has 5 N–H and O–H groups in total. The van der Waals surface area contributed by atoms with Gasteiger partial charge in [-0.3, -0.25) is 23.5 Å². The van der Waals surface area contributed by atoms with Gasteiger partial charge in [-0.05, 0) is 26.2 Å². The molecule has 35 heavy (non-hydrogen) atoms. The van der Waals surface area contributed by atoms with Gasteiger partial charge in [0.25, 0.3) is 5.56 Å². The first-order chi connectivity index (χ1) is 16.3. The molecule has 4 atom stereocenters. The molecule has 2 aromatic rings. The predicted octanol–water partition coefficient (Wildman–Crippen LogP) is -2.05. The Kier molecular flexibility index (Phi) is 7.82. The number of imidazole rings is 1. The molecular formula is C22H35N7O6. The molecule has 1 aliphatic rings. The fraction of sp³-hybridized carbons (Fsp3) is 0.682. The van der Waals surface area contributed by atoms with Gasteiger partial charge < -0.3 is 30.7 Å². The summed E-state index contributed by atoms with van der Waals surface area (Å²) >= 11 is 0. The number of nitrogens with one attached hydrogen (secondary N) is 1. The number of rotatable bonds is 7. The first-order valence-electron chi connectivity index (χ1n) is 11.7. The fourth-order valence-electron chi connectivity index (χ4n) is 4.69. The molecule has 0 bridgehead atoms. The summed E-state index contributed by atoms with van der Waals surface area (Å²) in [5.74, 6) is -0.500. The molecule has 1 fully saturated rings. The summed E-state index contributed by atoms with van der Waals surface area (Å²) in [6.07, 6.45) is 2.01. The molecule has 3 heterocycles. The Morgan fingerprint density at radius 2 is 1.94 bits per heavy atom. The standard InChI is InChI=1S/C22H35N7O6/c1-13(30)24-8-6-5-7-15(23)19(32)28-10-14(31)9-22(2,35)16(11-28)29-12-25-18-17(29)20(33)27(4)21(34)26(18)3/h12,14-16,31,35H,5-11,23H2,1-4H3,(H,24,30)/t14-,15+,16+,22+/m1/s1. The highest BCUT2D eigenvalue weighted by Gasteiger charge is 2.42. The maximum absolute atomic E-state index is 13.2. The largest absolute Gasteiger partial charge is 0.391 e. The summed E-state index contributed by atoms with van der Waals surface area (Å²) in [5.41, 5.74) is 3.83. The van der Waals surface area contributed by atoms with E-state index >= 15 is 0 Å². The molecule has 13 nitrogen and oxygen atoms in total. The lowest BCUT2D eigenvalue weighted by Gasteiger charge is -2.34. The van der Waals surface area contributed by atoms with Crippen LogP contribution in [-0.2, 0) is 23.7 Å². The Bertz CT molecular complexity index is 1210. The van der Waals surface area contributed by atoms with Crippen molar-refractivity contribution in [3.05, 3.63) is 27.2 Å². The number of β-amino-alcohol motifs (C(OH)–C–C–N with tert-alkyl or cyclic N) is 1. The molecule has 2 amide bonds. The van der Waals surface area contributed by atoms with E-state index in [2.05, 4.69) is 10.3 Å². The molecule has 3 rings (SSSR count). The quantitative estimate of drug-likeness (QED) is 0.318. The molecule has 2 aromatic heterocycles. The van der Waals surface area contributed by atoms with Gasteiger partial charge in [0.1, 0.15) is 0 Å². The Balaban J connectivity index is 1.89. The lowest BCUT2D eigenvalue weighted by molar-refractivity contribution is -0.134. The first-order valence-corrected chi connectivity index (χ1v) is 11.7. The van der Waals surface area contributed by atoms with Crippen molar-refractivity contribution in [3.63, 3.8) is 0 Å². The van der Waals surface area contributed by atoms with Crippen LogP contribution in [0.1, 0.15) is 45.6 Å². The SMILES string of the molecule is CC(=O)NCCCC[C@H](N)C(=O)N1C[C@H](O)C[C@](C)(O)[C@@H](n2cnc3c2c(=O)n(C)c(=O)n3C)C1. The highest BCUT2D eigenvalue weighted by Crippen LogP contribution is 2.33. The van der Waals surface area contributed by atoms with Crippen molar-refractivity contribution in [1.29, 1.82) is 0 Å². The van der Waals surface area contributed by atoms with Gasteiger partial charge in [0, 0.05) is 47.1 Å². The minimum Gasteiger partial charge on any atom is -0.391 e. The topological polar surface area (TPSA) is 178 Å². The van der Waals surface area contributed by atoms with E-state index in [0.29, 0.717) is 25.8 Å². The van der Waals surface area contributed by atoms with Crippen LogP contribution in [0.3, 0.4) is 0 Å². The molecule has 1 aliphatic heterocycles. The number of nitrogens with zero attached hydrogens (tertiary/aromatic N) is 5. The summed E-state index contributed by atoms with van der Waals surface area (Å²) in [6.45, 7) is 3.43. The molecule has 1 saturated heterocycles. The van der Waals surface area contributed by atoms with E-state index in [1.54, 1.807) is 0 Å². The highest BCUT2D eigenvalue weighted by atomic mass is 16.3. The van der Waals surface area contributed by atoms with E-state index in [-0.39, 0.29) is 42.5 Å². The molecule has 0 aromatic carbocycles. The van der Waals surface area contributed by atoms with E-state index in [0.717, 1.165) is 4.57 Å². The van der Waals surface area contributed by atoms with Crippen molar-refractivity contribution in [2.75, 3.05) is 19.6 Å². The Labute approximate surface area is 202 Å². The average molecular weight is 494 g/mol. The van der Waals surface area contributed by atoms with Crippen LogP contribution in [-0.4, -0.2) is 83.0 Å². The molecule has 0 spiro atoms. The van der Waals surface area contributed by atoms with Gasteiger partial charge in [-0.2, -0.15) is 0 Å². The second-order valence-electron chi connectivity index (χ2n) is 9.59. The molecule has 13 heteroatoms. The van der Waals surface area contributed by atoms with E-state index in [9.17, 15) is 29.4 Å². The number of aryl methyl sites for hydroxylation is 1. The lowest BCUT2D eigenvalue weighted by Crippen LogP contribution is -2.48. The predicted molar refractivity (Wildman–Crippen MR) is 128 cm³/mol. The van der Waals surface area contributed by atoms with Crippen LogP contribution in [0.4, 0.5) is 0 Å². The number of amides is 2. The minimum atomic E-state index is -1.50. The smallest absolute Gasteiger partial charge is 0.332 e. The number of hydrogen-bond donors (Lipinski definition) is 4.